The minimum Gasteiger partial charge on any atom is -0.352 e. The Kier molecular flexibility index (Phi) is 6.01. The Morgan fingerprint density at radius 1 is 1.06 bits per heavy atom. The summed E-state index contributed by atoms with van der Waals surface area (Å²) >= 11 is 0. The number of carbonyl (C=O) groups excluding carboxylic acids is 1. The van der Waals surface area contributed by atoms with E-state index in [9.17, 15) is 4.79 Å². The number of benzene rings is 2. The van der Waals surface area contributed by atoms with Gasteiger partial charge in [0.1, 0.15) is 5.52 Å². The van der Waals surface area contributed by atoms with Crippen LogP contribution in [0.25, 0.3) is 16.6 Å². The number of nitrogens with one attached hydrogen (secondary N) is 1. The second kappa shape index (κ2) is 9.25. The number of rotatable bonds is 5. The highest BCUT2D eigenvalue weighted by Gasteiger charge is 2.29. The SMILES string of the molecule is CCc1ccc(NC(=O)C2CCCN(c3nnc(C)c4c(C)n(-c5ccccc5)nc34)C2)cc1. The molecule has 0 aliphatic carbocycles. The van der Waals surface area contributed by atoms with E-state index >= 15 is 0 Å². The van der Waals surface area contributed by atoms with Crippen LogP contribution in [0.3, 0.4) is 0 Å². The van der Waals surface area contributed by atoms with E-state index in [0.717, 1.165) is 65.3 Å². The molecule has 3 heterocycles. The number of hydrogen-bond acceptors (Lipinski definition) is 5. The molecule has 174 valence electrons. The van der Waals surface area contributed by atoms with Gasteiger partial charge in [0.25, 0.3) is 0 Å². The minimum absolute atomic E-state index is 0.0521. The zero-order valence-electron chi connectivity index (χ0n) is 20.0. The molecule has 1 aliphatic rings. The lowest BCUT2D eigenvalue weighted by Gasteiger charge is -2.32. The number of nitrogens with zero attached hydrogens (tertiary/aromatic N) is 5. The van der Waals surface area contributed by atoms with Gasteiger partial charge in [0, 0.05) is 18.8 Å². The van der Waals surface area contributed by atoms with Gasteiger partial charge in [-0.15, -0.1) is 5.10 Å². The molecule has 1 aliphatic heterocycles. The lowest BCUT2D eigenvalue weighted by molar-refractivity contribution is -0.120. The Morgan fingerprint density at radius 2 is 1.82 bits per heavy atom. The first-order valence-electron chi connectivity index (χ1n) is 12.0. The van der Waals surface area contributed by atoms with Gasteiger partial charge in [0.05, 0.1) is 28.4 Å². The molecule has 34 heavy (non-hydrogen) atoms. The summed E-state index contributed by atoms with van der Waals surface area (Å²) in [5.74, 6) is 0.689. The maximum absolute atomic E-state index is 13.1. The molecule has 0 spiro atoms. The highest BCUT2D eigenvalue weighted by Crippen LogP contribution is 2.31. The number of amides is 1. The van der Waals surface area contributed by atoms with E-state index in [4.69, 9.17) is 5.10 Å². The Hall–Kier alpha value is -3.74. The van der Waals surface area contributed by atoms with Crippen molar-refractivity contribution in [3.63, 3.8) is 0 Å². The van der Waals surface area contributed by atoms with Crippen LogP contribution in [0.5, 0.6) is 0 Å². The number of hydrogen-bond donors (Lipinski definition) is 1. The summed E-state index contributed by atoms with van der Waals surface area (Å²) in [5.41, 5.74) is 5.84. The van der Waals surface area contributed by atoms with E-state index in [1.807, 2.05) is 54.1 Å². The van der Waals surface area contributed by atoms with Gasteiger partial charge < -0.3 is 10.2 Å². The fourth-order valence-corrected chi connectivity index (χ4v) is 4.80. The molecular weight excluding hydrogens is 424 g/mol. The van der Waals surface area contributed by atoms with Gasteiger partial charge >= 0.3 is 0 Å². The predicted molar refractivity (Wildman–Crippen MR) is 136 cm³/mol. The molecule has 0 saturated carbocycles. The van der Waals surface area contributed by atoms with Crippen molar-refractivity contribution in [2.24, 2.45) is 5.92 Å². The Bertz CT molecular complexity index is 1310. The van der Waals surface area contributed by atoms with Crippen LogP contribution in [-0.2, 0) is 11.2 Å². The largest absolute Gasteiger partial charge is 0.352 e. The zero-order valence-corrected chi connectivity index (χ0v) is 20.0. The lowest BCUT2D eigenvalue weighted by Crippen LogP contribution is -2.41. The average molecular weight is 455 g/mol. The van der Waals surface area contributed by atoms with E-state index in [-0.39, 0.29) is 11.8 Å². The highest BCUT2D eigenvalue weighted by atomic mass is 16.1. The summed E-state index contributed by atoms with van der Waals surface area (Å²) in [5, 5.41) is 18.1. The number of para-hydroxylation sites is 1. The van der Waals surface area contributed by atoms with Crippen molar-refractivity contribution in [1.29, 1.82) is 0 Å². The Balaban J connectivity index is 1.42. The second-order valence-electron chi connectivity index (χ2n) is 8.99. The molecular formula is C27H30N6O. The summed E-state index contributed by atoms with van der Waals surface area (Å²) in [4.78, 5) is 15.2. The summed E-state index contributed by atoms with van der Waals surface area (Å²) < 4.78 is 1.96. The summed E-state index contributed by atoms with van der Waals surface area (Å²) in [6, 6.07) is 18.2. The standard InChI is InChI=1S/C27H30N6O/c1-4-20-12-14-22(15-13-20)28-27(34)21-9-8-16-32(17-21)26-25-24(18(2)29-30-26)19(3)33(31-25)23-10-6-5-7-11-23/h5-7,10-15,21H,4,8-9,16-17H2,1-3H3,(H,28,34). The van der Waals surface area contributed by atoms with Crippen molar-refractivity contribution in [3.8, 4) is 5.69 Å². The van der Waals surface area contributed by atoms with Crippen LogP contribution in [0.15, 0.2) is 54.6 Å². The lowest BCUT2D eigenvalue weighted by atomic mass is 9.96. The molecule has 0 radical (unpaired) electrons. The van der Waals surface area contributed by atoms with Crippen molar-refractivity contribution in [1.82, 2.24) is 20.0 Å². The molecule has 2 aromatic heterocycles. The van der Waals surface area contributed by atoms with Gasteiger partial charge in [-0.2, -0.15) is 10.2 Å². The average Bonchev–Trinajstić information content (AvgIpc) is 3.23. The maximum atomic E-state index is 13.1. The van der Waals surface area contributed by atoms with Crippen LogP contribution in [0.2, 0.25) is 0 Å². The predicted octanol–water partition coefficient (Wildman–Crippen LogP) is 4.85. The molecule has 1 N–H and O–H groups in total. The van der Waals surface area contributed by atoms with Crippen LogP contribution in [-0.4, -0.2) is 39.0 Å². The third-order valence-corrected chi connectivity index (χ3v) is 6.71. The van der Waals surface area contributed by atoms with Gasteiger partial charge in [-0.3, -0.25) is 4.79 Å². The van der Waals surface area contributed by atoms with E-state index in [1.165, 1.54) is 5.56 Å². The van der Waals surface area contributed by atoms with Crippen molar-refractivity contribution >= 4 is 28.3 Å². The molecule has 7 heteroatoms. The molecule has 0 bridgehead atoms. The number of piperidine rings is 1. The minimum atomic E-state index is -0.116. The topological polar surface area (TPSA) is 75.9 Å². The monoisotopic (exact) mass is 454 g/mol. The maximum Gasteiger partial charge on any atom is 0.229 e. The third kappa shape index (κ3) is 4.14. The molecule has 1 saturated heterocycles. The molecule has 7 nitrogen and oxygen atoms in total. The first kappa shape index (κ1) is 22.1. The van der Waals surface area contributed by atoms with E-state index in [2.05, 4.69) is 46.4 Å². The first-order chi connectivity index (χ1) is 16.5. The molecule has 1 unspecified atom stereocenters. The molecule has 1 atom stereocenters. The normalized spacial score (nSPS) is 16.1. The van der Waals surface area contributed by atoms with Crippen LogP contribution < -0.4 is 10.2 Å². The number of aryl methyl sites for hydroxylation is 3. The number of carbonyl (C=O) groups is 1. The summed E-state index contributed by atoms with van der Waals surface area (Å²) in [6.45, 7) is 7.60. The van der Waals surface area contributed by atoms with E-state index < -0.39 is 0 Å². The van der Waals surface area contributed by atoms with E-state index in [1.54, 1.807) is 0 Å². The fraction of sp³-hybridized carbons (Fsp3) is 0.333. The number of aromatic nitrogens is 4. The second-order valence-corrected chi connectivity index (χ2v) is 8.99. The fourth-order valence-electron chi connectivity index (χ4n) is 4.80. The van der Waals surface area contributed by atoms with Crippen molar-refractivity contribution in [2.75, 3.05) is 23.3 Å². The Morgan fingerprint density at radius 3 is 2.56 bits per heavy atom. The van der Waals surface area contributed by atoms with Gasteiger partial charge in [0.15, 0.2) is 5.82 Å². The summed E-state index contributed by atoms with van der Waals surface area (Å²) in [6.07, 6.45) is 2.76. The van der Waals surface area contributed by atoms with Gasteiger partial charge in [-0.1, -0.05) is 37.3 Å². The van der Waals surface area contributed by atoms with Gasteiger partial charge in [-0.25, -0.2) is 4.68 Å². The molecule has 5 rings (SSSR count). The highest BCUT2D eigenvalue weighted by molar-refractivity contribution is 5.94. The first-order valence-corrected chi connectivity index (χ1v) is 12.0. The van der Waals surface area contributed by atoms with Crippen LogP contribution in [0.4, 0.5) is 11.5 Å². The van der Waals surface area contributed by atoms with Crippen molar-refractivity contribution in [3.05, 3.63) is 71.5 Å². The van der Waals surface area contributed by atoms with Crippen LogP contribution in [0.1, 0.15) is 36.7 Å². The Labute approximate surface area is 199 Å². The van der Waals surface area contributed by atoms with E-state index in [0.29, 0.717) is 6.54 Å². The third-order valence-electron chi connectivity index (χ3n) is 6.71. The molecule has 1 fully saturated rings. The summed E-state index contributed by atoms with van der Waals surface area (Å²) in [7, 11) is 0. The number of fused-ring (bicyclic) bond motifs is 1. The van der Waals surface area contributed by atoms with Crippen LogP contribution in [0, 0.1) is 19.8 Å². The van der Waals surface area contributed by atoms with Crippen molar-refractivity contribution < 1.29 is 4.79 Å². The molecule has 4 aromatic rings. The quantitative estimate of drug-likeness (QED) is 0.467. The van der Waals surface area contributed by atoms with Crippen molar-refractivity contribution in [2.45, 2.75) is 40.0 Å². The zero-order chi connectivity index (χ0) is 23.7. The number of anilines is 2. The van der Waals surface area contributed by atoms with Gasteiger partial charge in [-0.05, 0) is 62.9 Å². The molecule has 1 amide bonds. The van der Waals surface area contributed by atoms with Gasteiger partial charge in [0.2, 0.25) is 5.91 Å². The smallest absolute Gasteiger partial charge is 0.229 e. The van der Waals surface area contributed by atoms with Crippen LogP contribution >= 0.6 is 0 Å². The molecule has 2 aromatic carbocycles.